The van der Waals surface area contributed by atoms with Crippen LogP contribution in [-0.2, 0) is 26.8 Å². The van der Waals surface area contributed by atoms with Crippen molar-refractivity contribution in [3.05, 3.63) is 107 Å². The van der Waals surface area contributed by atoms with E-state index in [9.17, 15) is 14.7 Å². The average Bonchev–Trinajstić information content (AvgIpc) is 2.95. The molecule has 38 heavy (non-hydrogen) atoms. The topological polar surface area (TPSA) is 102 Å². The van der Waals surface area contributed by atoms with Crippen LogP contribution in [0.15, 0.2) is 78.9 Å². The van der Waals surface area contributed by atoms with Crippen molar-refractivity contribution >= 4 is 11.9 Å². The van der Waals surface area contributed by atoms with E-state index in [2.05, 4.69) is 19.2 Å². The molecule has 0 bridgehead atoms. The summed E-state index contributed by atoms with van der Waals surface area (Å²) in [6.07, 6.45) is 2.62. The van der Waals surface area contributed by atoms with Gasteiger partial charge in [-0.3, -0.25) is 9.59 Å². The van der Waals surface area contributed by atoms with Gasteiger partial charge in [0.15, 0.2) is 0 Å². The number of hydrogen-bond acceptors (Lipinski definition) is 4. The second kappa shape index (κ2) is 11.5. The van der Waals surface area contributed by atoms with Crippen LogP contribution >= 0.6 is 0 Å². The minimum Gasteiger partial charge on any atom is -0.480 e. The number of aliphatic carboxylic acids is 1. The number of ether oxygens (including phenoxy) is 1. The third kappa shape index (κ3) is 4.74. The average molecular weight is 515 g/mol. The summed E-state index contributed by atoms with van der Waals surface area (Å²) in [6, 6.07) is 24.6. The number of benzene rings is 3. The van der Waals surface area contributed by atoms with Gasteiger partial charge in [0.25, 0.3) is 0 Å². The highest BCUT2D eigenvalue weighted by atomic mass is 16.5. The third-order valence-corrected chi connectivity index (χ3v) is 8.65. The summed E-state index contributed by atoms with van der Waals surface area (Å²) in [5, 5.41) is 14.4. The van der Waals surface area contributed by atoms with E-state index in [4.69, 9.17) is 10.5 Å². The lowest BCUT2D eigenvalue weighted by Gasteiger charge is -2.49. The highest BCUT2D eigenvalue weighted by Gasteiger charge is 2.48. The van der Waals surface area contributed by atoms with Crippen LogP contribution in [0, 0.1) is 0 Å². The summed E-state index contributed by atoms with van der Waals surface area (Å²) in [4.78, 5) is 25.1. The highest BCUT2D eigenvalue weighted by Crippen LogP contribution is 2.44. The van der Waals surface area contributed by atoms with Gasteiger partial charge in [0.2, 0.25) is 5.91 Å². The molecule has 3 aromatic rings. The molecule has 2 atom stereocenters. The Labute approximate surface area is 225 Å². The first-order chi connectivity index (χ1) is 18.3. The molecule has 0 aliphatic heterocycles. The Kier molecular flexibility index (Phi) is 8.34. The molecule has 3 aromatic carbocycles. The number of rotatable bonds is 11. The van der Waals surface area contributed by atoms with E-state index in [1.54, 1.807) is 13.2 Å². The maximum atomic E-state index is 13.0. The molecule has 4 N–H and O–H groups in total. The molecule has 1 aliphatic rings. The maximum absolute atomic E-state index is 13.0. The predicted octanol–water partition coefficient (Wildman–Crippen LogP) is 4.83. The molecule has 4 rings (SSSR count). The summed E-state index contributed by atoms with van der Waals surface area (Å²) in [5.74, 6) is -1.32. The molecule has 0 spiro atoms. The Bertz CT molecular complexity index is 1220. The highest BCUT2D eigenvalue weighted by molar-refractivity contribution is 5.93. The summed E-state index contributed by atoms with van der Waals surface area (Å²) >= 11 is 0. The Hall–Kier alpha value is -3.48. The van der Waals surface area contributed by atoms with E-state index in [0.29, 0.717) is 24.9 Å². The molecule has 6 nitrogen and oxygen atoms in total. The number of carboxylic acids is 1. The van der Waals surface area contributed by atoms with Crippen LogP contribution in [0.1, 0.15) is 65.7 Å². The second-order valence-corrected chi connectivity index (χ2v) is 10.2. The minimum absolute atomic E-state index is 0.0730. The van der Waals surface area contributed by atoms with E-state index >= 15 is 0 Å². The van der Waals surface area contributed by atoms with Crippen LogP contribution in [0.4, 0.5) is 0 Å². The zero-order chi connectivity index (χ0) is 27.3. The number of carbonyl (C=O) groups is 2. The summed E-state index contributed by atoms with van der Waals surface area (Å²) in [6.45, 7) is 4.78. The monoisotopic (exact) mass is 514 g/mol. The van der Waals surface area contributed by atoms with E-state index in [0.717, 1.165) is 35.1 Å². The normalized spacial score (nSPS) is 18.5. The lowest BCUT2D eigenvalue weighted by molar-refractivity contribution is -0.142. The zero-order valence-corrected chi connectivity index (χ0v) is 22.4. The van der Waals surface area contributed by atoms with Crippen molar-refractivity contribution in [2.75, 3.05) is 13.7 Å². The first-order valence-electron chi connectivity index (χ1n) is 13.4. The summed E-state index contributed by atoms with van der Waals surface area (Å²) in [5.41, 5.74) is 8.43. The quantitative estimate of drug-likeness (QED) is 0.340. The van der Waals surface area contributed by atoms with Crippen molar-refractivity contribution in [3.8, 4) is 0 Å². The van der Waals surface area contributed by atoms with Gasteiger partial charge in [0.1, 0.15) is 5.41 Å². The molecule has 0 saturated carbocycles. The van der Waals surface area contributed by atoms with Crippen LogP contribution in [0.5, 0.6) is 0 Å². The van der Waals surface area contributed by atoms with E-state index in [-0.39, 0.29) is 17.6 Å². The minimum atomic E-state index is -1.20. The molecule has 1 aliphatic carbocycles. The van der Waals surface area contributed by atoms with Gasteiger partial charge in [-0.25, -0.2) is 0 Å². The number of hydrogen-bond donors (Lipinski definition) is 3. The number of nitrogens with one attached hydrogen (secondary N) is 1. The van der Waals surface area contributed by atoms with Gasteiger partial charge in [-0.05, 0) is 60.2 Å². The van der Waals surface area contributed by atoms with Crippen LogP contribution in [0.3, 0.4) is 0 Å². The van der Waals surface area contributed by atoms with Crippen molar-refractivity contribution in [1.29, 1.82) is 0 Å². The fraction of sp³-hybridized carbons (Fsp3) is 0.375. The lowest BCUT2D eigenvalue weighted by atomic mass is 9.62. The molecule has 0 aromatic heterocycles. The van der Waals surface area contributed by atoms with E-state index < -0.39 is 17.3 Å². The third-order valence-electron chi connectivity index (χ3n) is 8.65. The molecular formula is C32H38N2O4. The number of carbonyl (C=O) groups excluding carboxylic acids is 1. The number of amides is 1. The van der Waals surface area contributed by atoms with Crippen molar-refractivity contribution in [1.82, 2.24) is 5.32 Å². The van der Waals surface area contributed by atoms with Crippen LogP contribution in [-0.4, -0.2) is 42.8 Å². The molecule has 200 valence electrons. The van der Waals surface area contributed by atoms with Gasteiger partial charge in [-0.15, -0.1) is 0 Å². The van der Waals surface area contributed by atoms with Crippen molar-refractivity contribution in [2.45, 2.75) is 62.5 Å². The first-order valence-corrected chi connectivity index (χ1v) is 13.4. The van der Waals surface area contributed by atoms with Crippen molar-refractivity contribution in [2.24, 2.45) is 5.73 Å². The van der Waals surface area contributed by atoms with Crippen LogP contribution in [0.2, 0.25) is 0 Å². The summed E-state index contributed by atoms with van der Waals surface area (Å²) < 4.78 is 6.03. The maximum Gasteiger partial charge on any atom is 0.318 e. The largest absolute Gasteiger partial charge is 0.480 e. The number of carboxylic acid groups (broad SMARTS) is 1. The van der Waals surface area contributed by atoms with Crippen LogP contribution in [0.25, 0.3) is 0 Å². The van der Waals surface area contributed by atoms with Crippen molar-refractivity contribution < 1.29 is 19.4 Å². The Balaban J connectivity index is 1.72. The van der Waals surface area contributed by atoms with Gasteiger partial charge in [-0.1, -0.05) is 80.6 Å². The molecule has 0 saturated heterocycles. The second-order valence-electron chi connectivity index (χ2n) is 10.2. The molecule has 6 heteroatoms. The molecular weight excluding hydrogens is 476 g/mol. The van der Waals surface area contributed by atoms with E-state index in [1.165, 1.54) is 0 Å². The number of primary amides is 1. The SMILES string of the molecule is CCC1(CC)c2cc(C(N)=O)ccc2C[C@H](OC)[C@H]1NCCC(C(=O)O)(c1ccccc1)c1ccccc1. The summed E-state index contributed by atoms with van der Waals surface area (Å²) in [7, 11) is 1.73. The van der Waals surface area contributed by atoms with E-state index in [1.807, 2.05) is 72.8 Å². The zero-order valence-electron chi connectivity index (χ0n) is 22.4. The Morgan fingerprint density at radius 3 is 2.05 bits per heavy atom. The first kappa shape index (κ1) is 27.6. The van der Waals surface area contributed by atoms with Crippen molar-refractivity contribution in [3.63, 3.8) is 0 Å². The number of fused-ring (bicyclic) bond motifs is 1. The molecule has 1 amide bonds. The van der Waals surface area contributed by atoms with Crippen LogP contribution < -0.4 is 11.1 Å². The molecule has 0 heterocycles. The number of methoxy groups -OCH3 is 1. The van der Waals surface area contributed by atoms with Gasteiger partial charge >= 0.3 is 5.97 Å². The standard InChI is InChI=1S/C32H38N2O4/c1-4-31(5-2)26-20-23(29(33)35)17-16-22(26)21-27(38-3)28(31)34-19-18-32(30(36)37,24-12-8-6-9-13-24)25-14-10-7-11-15-25/h6-17,20,27-28,34H,4-5,18-19,21H2,1-3H3,(H2,33,35)(H,36,37)/t27-,28+/m0/s1. The molecule has 0 fully saturated rings. The van der Waals surface area contributed by atoms with Gasteiger partial charge in [-0.2, -0.15) is 0 Å². The fourth-order valence-corrected chi connectivity index (χ4v) is 6.52. The molecule has 0 unspecified atom stereocenters. The number of nitrogens with two attached hydrogens (primary N) is 1. The fourth-order valence-electron chi connectivity index (χ4n) is 6.52. The predicted molar refractivity (Wildman–Crippen MR) is 149 cm³/mol. The Morgan fingerprint density at radius 1 is 1.00 bits per heavy atom. The lowest BCUT2D eigenvalue weighted by Crippen LogP contribution is -2.59. The molecule has 0 radical (unpaired) electrons. The van der Waals surface area contributed by atoms with Gasteiger partial charge in [0, 0.05) is 30.6 Å². The van der Waals surface area contributed by atoms with Gasteiger partial charge < -0.3 is 20.9 Å². The smallest absolute Gasteiger partial charge is 0.318 e. The van der Waals surface area contributed by atoms with Gasteiger partial charge in [0.05, 0.1) is 6.10 Å². The Morgan fingerprint density at radius 2 is 1.58 bits per heavy atom.